The van der Waals surface area contributed by atoms with Crippen molar-refractivity contribution in [1.82, 2.24) is 0 Å². The van der Waals surface area contributed by atoms with Gasteiger partial charge in [-0.15, -0.1) is 0 Å². The maximum absolute atomic E-state index is 12.2. The molecule has 0 rings (SSSR count). The van der Waals surface area contributed by atoms with Crippen LogP contribution in [-0.2, 0) is 19.1 Å². The number of hydrogen-bond donors (Lipinski definition) is 1. The maximum atomic E-state index is 12.2. The van der Waals surface area contributed by atoms with Crippen LogP contribution in [0.1, 0.15) is 155 Å². The first-order valence-corrected chi connectivity index (χ1v) is 19.8. The predicted molar refractivity (Wildman–Crippen MR) is 214 cm³/mol. The summed E-state index contributed by atoms with van der Waals surface area (Å²) in [4.78, 5) is 24.3. The number of aliphatic hydroxyl groups is 1. The molecule has 50 heavy (non-hydrogen) atoms. The van der Waals surface area contributed by atoms with Gasteiger partial charge in [-0.2, -0.15) is 0 Å². The molecule has 1 atom stereocenters. The van der Waals surface area contributed by atoms with Gasteiger partial charge in [0.2, 0.25) is 0 Å². The average molecular weight is 693 g/mol. The summed E-state index contributed by atoms with van der Waals surface area (Å²) in [6, 6.07) is 0. The molecule has 0 radical (unpaired) electrons. The van der Waals surface area contributed by atoms with Crippen LogP contribution in [-0.4, -0.2) is 36.4 Å². The molecular formula is C45H72O5. The summed E-state index contributed by atoms with van der Waals surface area (Å²) in [6.07, 6.45) is 56.0. The molecule has 5 heteroatoms. The summed E-state index contributed by atoms with van der Waals surface area (Å²) < 4.78 is 10.6. The highest BCUT2D eigenvalue weighted by molar-refractivity contribution is 5.70. The standard InChI is InChI=1S/C45H72O5/c1-3-5-7-9-11-13-15-17-19-21-22-24-26-28-30-32-34-36-38-40-45(48)50-43(41-46)42-49-44(47)39-37-35-33-31-29-27-25-23-20-18-16-14-12-10-8-6-4-2/h6,8,11-14,17-20,22,24-25,27-28,30,43,46H,3-5,7,9-10,15-16,21,23,26,29,31-42H2,1-2H3/b8-6-,13-11-,14-12-,19-17-,20-18-,24-22-,27-25-,30-28-/t43-/m0/s1. The molecular weight excluding hydrogens is 620 g/mol. The fourth-order valence-electron chi connectivity index (χ4n) is 4.88. The predicted octanol–water partition coefficient (Wildman–Crippen LogP) is 12.5. The summed E-state index contributed by atoms with van der Waals surface area (Å²) in [6.45, 7) is 3.93. The lowest BCUT2D eigenvalue weighted by atomic mass is 10.1. The first-order valence-electron chi connectivity index (χ1n) is 19.8. The molecule has 5 nitrogen and oxygen atoms in total. The van der Waals surface area contributed by atoms with Gasteiger partial charge in [0, 0.05) is 12.8 Å². The highest BCUT2D eigenvalue weighted by atomic mass is 16.6. The monoisotopic (exact) mass is 693 g/mol. The van der Waals surface area contributed by atoms with Crippen LogP contribution in [0.4, 0.5) is 0 Å². The first-order chi connectivity index (χ1) is 24.6. The average Bonchev–Trinajstić information content (AvgIpc) is 3.12. The van der Waals surface area contributed by atoms with E-state index in [0.29, 0.717) is 12.8 Å². The Morgan fingerprint density at radius 3 is 1.30 bits per heavy atom. The normalized spacial score (nSPS) is 13.3. The highest BCUT2D eigenvalue weighted by Crippen LogP contribution is 2.09. The van der Waals surface area contributed by atoms with Crippen LogP contribution in [0.5, 0.6) is 0 Å². The third-order valence-corrected chi connectivity index (χ3v) is 7.86. The van der Waals surface area contributed by atoms with Crippen molar-refractivity contribution in [3.05, 3.63) is 97.2 Å². The van der Waals surface area contributed by atoms with E-state index in [1.807, 2.05) is 0 Å². The fourth-order valence-corrected chi connectivity index (χ4v) is 4.88. The van der Waals surface area contributed by atoms with E-state index >= 15 is 0 Å². The Balaban J connectivity index is 3.72. The molecule has 0 heterocycles. The quantitative estimate of drug-likeness (QED) is 0.0413. The number of carbonyl (C=O) groups excluding carboxylic acids is 2. The molecule has 0 spiro atoms. The second-order valence-electron chi connectivity index (χ2n) is 12.6. The van der Waals surface area contributed by atoms with Crippen LogP contribution < -0.4 is 0 Å². The van der Waals surface area contributed by atoms with E-state index in [-0.39, 0.29) is 25.2 Å². The van der Waals surface area contributed by atoms with Gasteiger partial charge in [0.25, 0.3) is 0 Å². The topological polar surface area (TPSA) is 72.8 Å². The van der Waals surface area contributed by atoms with Crippen LogP contribution in [0, 0.1) is 0 Å². The summed E-state index contributed by atoms with van der Waals surface area (Å²) in [7, 11) is 0. The van der Waals surface area contributed by atoms with E-state index in [1.165, 1.54) is 25.7 Å². The number of hydrogen-bond acceptors (Lipinski definition) is 5. The third-order valence-electron chi connectivity index (χ3n) is 7.86. The molecule has 0 unspecified atom stereocenters. The number of aliphatic hydroxyl groups excluding tert-OH is 1. The van der Waals surface area contributed by atoms with Crippen molar-refractivity contribution in [2.24, 2.45) is 0 Å². The zero-order valence-corrected chi connectivity index (χ0v) is 31.9. The van der Waals surface area contributed by atoms with Gasteiger partial charge in [-0.25, -0.2) is 0 Å². The Hall–Kier alpha value is -3.18. The molecule has 1 N–H and O–H groups in total. The van der Waals surface area contributed by atoms with Crippen molar-refractivity contribution in [2.75, 3.05) is 13.2 Å². The minimum atomic E-state index is -0.804. The third kappa shape index (κ3) is 37.6. The van der Waals surface area contributed by atoms with Gasteiger partial charge < -0.3 is 14.6 Å². The van der Waals surface area contributed by atoms with Gasteiger partial charge in [-0.1, -0.05) is 143 Å². The summed E-state index contributed by atoms with van der Waals surface area (Å²) in [5, 5.41) is 9.55. The van der Waals surface area contributed by atoms with Gasteiger partial charge >= 0.3 is 11.9 Å². The molecule has 0 aliphatic rings. The van der Waals surface area contributed by atoms with Gasteiger partial charge in [-0.3, -0.25) is 9.59 Å². The van der Waals surface area contributed by atoms with E-state index in [4.69, 9.17) is 9.47 Å². The summed E-state index contributed by atoms with van der Waals surface area (Å²) >= 11 is 0. The van der Waals surface area contributed by atoms with Gasteiger partial charge in [-0.05, 0) is 96.3 Å². The number of carbonyl (C=O) groups is 2. The van der Waals surface area contributed by atoms with Gasteiger partial charge in [0.1, 0.15) is 6.61 Å². The van der Waals surface area contributed by atoms with E-state index in [0.717, 1.165) is 103 Å². The van der Waals surface area contributed by atoms with Crippen molar-refractivity contribution in [1.29, 1.82) is 0 Å². The Labute approximate surface area is 307 Å². The number of unbranched alkanes of at least 4 members (excludes halogenated alkanes) is 10. The largest absolute Gasteiger partial charge is 0.462 e. The van der Waals surface area contributed by atoms with E-state index in [1.54, 1.807) is 0 Å². The molecule has 0 amide bonds. The fraction of sp³-hybridized carbons (Fsp3) is 0.600. The lowest BCUT2D eigenvalue weighted by Crippen LogP contribution is -2.28. The zero-order chi connectivity index (χ0) is 36.4. The number of esters is 2. The molecule has 282 valence electrons. The van der Waals surface area contributed by atoms with Crippen molar-refractivity contribution < 1.29 is 24.2 Å². The van der Waals surface area contributed by atoms with Crippen molar-refractivity contribution in [3.8, 4) is 0 Å². The molecule has 0 aromatic heterocycles. The van der Waals surface area contributed by atoms with E-state index in [2.05, 4.69) is 111 Å². The highest BCUT2D eigenvalue weighted by Gasteiger charge is 2.16. The Morgan fingerprint density at radius 2 is 0.860 bits per heavy atom. The minimum absolute atomic E-state index is 0.0982. The number of rotatable bonds is 34. The van der Waals surface area contributed by atoms with Crippen LogP contribution in [0.3, 0.4) is 0 Å². The zero-order valence-electron chi connectivity index (χ0n) is 31.9. The Kier molecular flexibility index (Phi) is 37.7. The maximum Gasteiger partial charge on any atom is 0.306 e. The molecule has 0 aliphatic carbocycles. The van der Waals surface area contributed by atoms with Gasteiger partial charge in [0.05, 0.1) is 6.61 Å². The molecule has 0 saturated carbocycles. The van der Waals surface area contributed by atoms with Crippen LogP contribution in [0.15, 0.2) is 97.2 Å². The number of ether oxygens (including phenoxy) is 2. The van der Waals surface area contributed by atoms with Crippen LogP contribution in [0.2, 0.25) is 0 Å². The molecule has 0 aromatic carbocycles. The summed E-state index contributed by atoms with van der Waals surface area (Å²) in [5.74, 6) is -0.665. The Morgan fingerprint density at radius 1 is 0.480 bits per heavy atom. The van der Waals surface area contributed by atoms with Crippen LogP contribution >= 0.6 is 0 Å². The number of allylic oxidation sites excluding steroid dienone is 16. The molecule has 0 aliphatic heterocycles. The lowest BCUT2D eigenvalue weighted by Gasteiger charge is -2.15. The molecule has 0 bridgehead atoms. The molecule has 0 fully saturated rings. The Bertz CT molecular complexity index is 1010. The second kappa shape index (κ2) is 40.3. The second-order valence-corrected chi connectivity index (χ2v) is 12.6. The summed E-state index contributed by atoms with van der Waals surface area (Å²) in [5.41, 5.74) is 0. The van der Waals surface area contributed by atoms with Crippen molar-refractivity contribution >= 4 is 11.9 Å². The molecule has 0 aromatic rings. The lowest BCUT2D eigenvalue weighted by molar-refractivity contribution is -0.161. The SMILES string of the molecule is CC/C=C\C/C=C\C/C=C\C/C=C\CCCCCCC(=O)OC[C@H](CO)OC(=O)CCCCC/C=C\C/C=C\C/C=C\C/C=C\CCCCC. The molecule has 0 saturated heterocycles. The first kappa shape index (κ1) is 46.8. The minimum Gasteiger partial charge on any atom is -0.462 e. The van der Waals surface area contributed by atoms with Crippen LogP contribution in [0.25, 0.3) is 0 Å². The van der Waals surface area contributed by atoms with Crippen molar-refractivity contribution in [3.63, 3.8) is 0 Å². The van der Waals surface area contributed by atoms with Gasteiger partial charge in [0.15, 0.2) is 6.10 Å². The smallest absolute Gasteiger partial charge is 0.306 e. The van der Waals surface area contributed by atoms with Crippen molar-refractivity contribution in [2.45, 2.75) is 161 Å². The van der Waals surface area contributed by atoms with E-state index < -0.39 is 6.10 Å². The van der Waals surface area contributed by atoms with E-state index in [9.17, 15) is 14.7 Å².